The fraction of sp³-hybridized carbons (Fsp3) is 0.786. The van der Waals surface area contributed by atoms with Crippen molar-refractivity contribution < 1.29 is 0 Å². The van der Waals surface area contributed by atoms with Gasteiger partial charge in [-0.15, -0.1) is 0 Å². The molecule has 1 fully saturated rings. The fourth-order valence-electron chi connectivity index (χ4n) is 2.70. The smallest absolute Gasteiger partial charge is 0.0850 e. The molecular formula is C14H24ClN3. The molecule has 0 saturated carbocycles. The standard InChI is InChI=1S/C14H24ClN3/c1-5-11-13(15)12(18(6-2)17-11)7-14(10(3)4)8-16-9-14/h10,16H,5-9H2,1-4H3. The molecule has 1 aliphatic heterocycles. The van der Waals surface area contributed by atoms with Crippen LogP contribution in [0.1, 0.15) is 39.1 Å². The lowest BCUT2D eigenvalue weighted by Crippen LogP contribution is -2.57. The van der Waals surface area contributed by atoms with Crippen LogP contribution in [0.2, 0.25) is 5.02 Å². The summed E-state index contributed by atoms with van der Waals surface area (Å²) in [5, 5.41) is 8.92. The number of aryl methyl sites for hydroxylation is 2. The number of nitrogens with one attached hydrogen (secondary N) is 1. The second-order valence-corrected chi connectivity index (χ2v) is 6.05. The van der Waals surface area contributed by atoms with Crippen molar-refractivity contribution in [3.05, 3.63) is 16.4 Å². The Hall–Kier alpha value is -0.540. The topological polar surface area (TPSA) is 29.9 Å². The van der Waals surface area contributed by atoms with Gasteiger partial charge >= 0.3 is 0 Å². The van der Waals surface area contributed by atoms with Crippen molar-refractivity contribution in [3.63, 3.8) is 0 Å². The van der Waals surface area contributed by atoms with Gasteiger partial charge in [-0.3, -0.25) is 4.68 Å². The van der Waals surface area contributed by atoms with Crippen molar-refractivity contribution in [2.45, 2.75) is 47.1 Å². The molecule has 0 radical (unpaired) electrons. The largest absolute Gasteiger partial charge is 0.315 e. The van der Waals surface area contributed by atoms with Crippen molar-refractivity contribution >= 4 is 11.6 Å². The number of hydrogen-bond acceptors (Lipinski definition) is 2. The first-order chi connectivity index (χ1) is 8.54. The first kappa shape index (κ1) is 13.9. The Balaban J connectivity index is 2.30. The summed E-state index contributed by atoms with van der Waals surface area (Å²) < 4.78 is 2.09. The van der Waals surface area contributed by atoms with E-state index in [1.165, 1.54) is 5.69 Å². The summed E-state index contributed by atoms with van der Waals surface area (Å²) in [6.45, 7) is 11.9. The normalized spacial score (nSPS) is 18.1. The molecule has 3 nitrogen and oxygen atoms in total. The number of nitrogens with zero attached hydrogens (tertiary/aromatic N) is 2. The van der Waals surface area contributed by atoms with Crippen LogP contribution in [-0.4, -0.2) is 22.9 Å². The molecule has 0 spiro atoms. The van der Waals surface area contributed by atoms with Crippen LogP contribution in [0.25, 0.3) is 0 Å². The molecule has 0 aliphatic carbocycles. The van der Waals surface area contributed by atoms with E-state index < -0.39 is 0 Å². The minimum Gasteiger partial charge on any atom is -0.315 e. The van der Waals surface area contributed by atoms with E-state index in [1.807, 2.05) is 0 Å². The lowest BCUT2D eigenvalue weighted by atomic mass is 9.69. The first-order valence-electron chi connectivity index (χ1n) is 6.98. The highest BCUT2D eigenvalue weighted by atomic mass is 35.5. The number of halogens is 1. The molecule has 0 atom stereocenters. The van der Waals surface area contributed by atoms with Gasteiger partial charge in [0.1, 0.15) is 0 Å². The highest BCUT2D eigenvalue weighted by Crippen LogP contribution is 2.38. The molecule has 0 amide bonds. The summed E-state index contributed by atoms with van der Waals surface area (Å²) >= 11 is 6.50. The predicted molar refractivity (Wildman–Crippen MR) is 76.1 cm³/mol. The first-order valence-corrected chi connectivity index (χ1v) is 7.36. The van der Waals surface area contributed by atoms with Crippen LogP contribution in [0.15, 0.2) is 0 Å². The summed E-state index contributed by atoms with van der Waals surface area (Å²) in [6, 6.07) is 0. The van der Waals surface area contributed by atoms with Gasteiger partial charge in [-0.05, 0) is 25.7 Å². The zero-order valence-electron chi connectivity index (χ0n) is 11.9. The zero-order chi connectivity index (χ0) is 13.3. The molecule has 1 N–H and O–H groups in total. The van der Waals surface area contributed by atoms with Crippen molar-refractivity contribution in [2.24, 2.45) is 11.3 Å². The summed E-state index contributed by atoms with van der Waals surface area (Å²) in [5.74, 6) is 0.667. The highest BCUT2D eigenvalue weighted by Gasteiger charge is 2.41. The maximum absolute atomic E-state index is 6.50. The molecular weight excluding hydrogens is 246 g/mol. The third-order valence-corrected chi connectivity index (χ3v) is 4.83. The minimum atomic E-state index is 0.363. The average Bonchev–Trinajstić information content (AvgIpc) is 2.59. The van der Waals surface area contributed by atoms with E-state index in [0.29, 0.717) is 11.3 Å². The molecule has 0 aromatic carbocycles. The van der Waals surface area contributed by atoms with Crippen LogP contribution in [-0.2, 0) is 19.4 Å². The second-order valence-electron chi connectivity index (χ2n) is 5.67. The third-order valence-electron chi connectivity index (χ3n) is 4.39. The van der Waals surface area contributed by atoms with Crippen LogP contribution < -0.4 is 5.32 Å². The number of rotatable bonds is 5. The Morgan fingerprint density at radius 1 is 1.39 bits per heavy atom. The molecule has 0 bridgehead atoms. The van der Waals surface area contributed by atoms with Gasteiger partial charge < -0.3 is 5.32 Å². The van der Waals surface area contributed by atoms with E-state index in [2.05, 4.69) is 42.8 Å². The summed E-state index contributed by atoms with van der Waals surface area (Å²) in [6.07, 6.45) is 1.95. The van der Waals surface area contributed by atoms with Crippen LogP contribution in [0.5, 0.6) is 0 Å². The molecule has 2 heterocycles. The van der Waals surface area contributed by atoms with Gasteiger partial charge in [-0.1, -0.05) is 32.4 Å². The van der Waals surface area contributed by atoms with Crippen LogP contribution >= 0.6 is 11.6 Å². The van der Waals surface area contributed by atoms with E-state index in [1.54, 1.807) is 0 Å². The van der Waals surface area contributed by atoms with E-state index in [-0.39, 0.29) is 0 Å². The predicted octanol–water partition coefficient (Wildman–Crippen LogP) is 2.91. The minimum absolute atomic E-state index is 0.363. The van der Waals surface area contributed by atoms with Crippen LogP contribution in [0.3, 0.4) is 0 Å². The summed E-state index contributed by atoms with van der Waals surface area (Å²) in [4.78, 5) is 0. The molecule has 1 aromatic heterocycles. The fourth-order valence-corrected chi connectivity index (χ4v) is 3.04. The van der Waals surface area contributed by atoms with E-state index in [4.69, 9.17) is 11.6 Å². The molecule has 102 valence electrons. The monoisotopic (exact) mass is 269 g/mol. The number of hydrogen-bond donors (Lipinski definition) is 1. The van der Waals surface area contributed by atoms with Gasteiger partial charge in [0.2, 0.25) is 0 Å². The van der Waals surface area contributed by atoms with Crippen LogP contribution in [0.4, 0.5) is 0 Å². The van der Waals surface area contributed by atoms with Gasteiger partial charge in [0.15, 0.2) is 0 Å². The molecule has 1 saturated heterocycles. The Morgan fingerprint density at radius 3 is 2.44 bits per heavy atom. The Labute approximate surface area is 115 Å². The summed E-state index contributed by atoms with van der Waals surface area (Å²) in [7, 11) is 0. The second kappa shape index (κ2) is 5.22. The molecule has 4 heteroatoms. The van der Waals surface area contributed by atoms with Gasteiger partial charge in [0.05, 0.1) is 16.4 Å². The highest BCUT2D eigenvalue weighted by molar-refractivity contribution is 6.31. The van der Waals surface area contributed by atoms with Crippen molar-refractivity contribution in [3.8, 4) is 0 Å². The van der Waals surface area contributed by atoms with E-state index in [9.17, 15) is 0 Å². The lowest BCUT2D eigenvalue weighted by Gasteiger charge is -2.46. The van der Waals surface area contributed by atoms with Gasteiger partial charge in [-0.25, -0.2) is 0 Å². The number of aromatic nitrogens is 2. The molecule has 2 rings (SSSR count). The zero-order valence-corrected chi connectivity index (χ0v) is 12.6. The maximum atomic E-state index is 6.50. The van der Waals surface area contributed by atoms with Crippen LogP contribution in [0, 0.1) is 11.3 Å². The average molecular weight is 270 g/mol. The van der Waals surface area contributed by atoms with Gasteiger partial charge in [0.25, 0.3) is 0 Å². The molecule has 1 aliphatic rings. The van der Waals surface area contributed by atoms with Crippen molar-refractivity contribution in [1.82, 2.24) is 15.1 Å². The van der Waals surface area contributed by atoms with E-state index >= 15 is 0 Å². The quantitative estimate of drug-likeness (QED) is 0.891. The van der Waals surface area contributed by atoms with Gasteiger partial charge in [0, 0.05) is 25.0 Å². The van der Waals surface area contributed by atoms with Gasteiger partial charge in [-0.2, -0.15) is 5.10 Å². The van der Waals surface area contributed by atoms with Crippen molar-refractivity contribution in [2.75, 3.05) is 13.1 Å². The Kier molecular flexibility index (Phi) is 4.02. The SMILES string of the molecule is CCc1nn(CC)c(CC2(C(C)C)CNC2)c1Cl. The lowest BCUT2D eigenvalue weighted by molar-refractivity contribution is 0.0966. The third kappa shape index (κ3) is 2.19. The van der Waals surface area contributed by atoms with E-state index in [0.717, 1.165) is 43.2 Å². The van der Waals surface area contributed by atoms with Crippen molar-refractivity contribution in [1.29, 1.82) is 0 Å². The maximum Gasteiger partial charge on any atom is 0.0850 e. The molecule has 1 aromatic rings. The Bertz CT molecular complexity index is 419. The Morgan fingerprint density at radius 2 is 2.06 bits per heavy atom. The molecule has 18 heavy (non-hydrogen) atoms. The summed E-state index contributed by atoms with van der Waals surface area (Å²) in [5.41, 5.74) is 2.63. The molecule has 0 unspecified atom stereocenters.